The summed E-state index contributed by atoms with van der Waals surface area (Å²) in [6, 6.07) is 13.1. The Morgan fingerprint density at radius 2 is 1.89 bits per heavy atom. The summed E-state index contributed by atoms with van der Waals surface area (Å²) in [7, 11) is 0. The lowest BCUT2D eigenvalue weighted by atomic mass is 10.00. The van der Waals surface area contributed by atoms with Crippen LogP contribution in [0.3, 0.4) is 0 Å². The van der Waals surface area contributed by atoms with Gasteiger partial charge in [-0.25, -0.2) is 0 Å². The lowest BCUT2D eigenvalue weighted by Crippen LogP contribution is -2.27. The monoisotopic (exact) mass is 293 g/mol. The maximum atomic E-state index is 6.06. The summed E-state index contributed by atoms with van der Waals surface area (Å²) in [5.74, 6) is 0.556. The van der Waals surface area contributed by atoms with Gasteiger partial charge in [0.1, 0.15) is 0 Å². The van der Waals surface area contributed by atoms with E-state index in [-0.39, 0.29) is 6.04 Å². The van der Waals surface area contributed by atoms with Gasteiger partial charge in [0.15, 0.2) is 0 Å². The van der Waals surface area contributed by atoms with Gasteiger partial charge in [-0.05, 0) is 42.0 Å². The highest BCUT2D eigenvalue weighted by atomic mass is 35.5. The second kappa shape index (κ2) is 6.56. The second-order valence-electron chi connectivity index (χ2n) is 5.18. The molecule has 2 rings (SSSR count). The van der Waals surface area contributed by atoms with Gasteiger partial charge < -0.3 is 5.32 Å². The average Bonchev–Trinajstić information content (AvgIpc) is 2.88. The molecular weight excluding hydrogens is 274 g/mol. The van der Waals surface area contributed by atoms with Crippen LogP contribution in [0.25, 0.3) is 0 Å². The van der Waals surface area contributed by atoms with Gasteiger partial charge in [-0.15, -0.1) is 11.3 Å². The van der Waals surface area contributed by atoms with Crippen molar-refractivity contribution in [1.82, 2.24) is 5.32 Å². The van der Waals surface area contributed by atoms with E-state index in [1.807, 2.05) is 29.5 Å². The third kappa shape index (κ3) is 3.82. The maximum absolute atomic E-state index is 6.06. The zero-order valence-electron chi connectivity index (χ0n) is 11.6. The summed E-state index contributed by atoms with van der Waals surface area (Å²) in [6.45, 7) is 6.69. The standard InChI is InChI=1S/C16H20ClNS/c1-11(2)16(15-8-5-9-19-15)18-12(3)13-6-4-7-14(17)10-13/h4-12,16,18H,1-3H3. The molecule has 2 aromatic rings. The van der Waals surface area contributed by atoms with Gasteiger partial charge in [-0.1, -0.05) is 43.6 Å². The van der Waals surface area contributed by atoms with Gasteiger partial charge in [0.05, 0.1) is 0 Å². The van der Waals surface area contributed by atoms with Crippen LogP contribution in [0, 0.1) is 5.92 Å². The minimum atomic E-state index is 0.285. The first-order chi connectivity index (χ1) is 9.08. The molecule has 3 heteroatoms. The van der Waals surface area contributed by atoms with E-state index < -0.39 is 0 Å². The van der Waals surface area contributed by atoms with Gasteiger partial charge >= 0.3 is 0 Å². The van der Waals surface area contributed by atoms with Crippen LogP contribution in [0.4, 0.5) is 0 Å². The smallest absolute Gasteiger partial charge is 0.0442 e. The third-order valence-electron chi connectivity index (χ3n) is 3.29. The van der Waals surface area contributed by atoms with Crippen molar-refractivity contribution in [1.29, 1.82) is 0 Å². The highest BCUT2D eigenvalue weighted by Crippen LogP contribution is 2.29. The average molecular weight is 294 g/mol. The number of hydrogen-bond acceptors (Lipinski definition) is 2. The fourth-order valence-corrected chi connectivity index (χ4v) is 3.37. The molecule has 0 bridgehead atoms. The highest BCUT2D eigenvalue weighted by molar-refractivity contribution is 7.10. The Balaban J connectivity index is 2.14. The van der Waals surface area contributed by atoms with Gasteiger partial charge in [0, 0.05) is 22.0 Å². The Hall–Kier alpha value is -0.830. The van der Waals surface area contributed by atoms with E-state index in [0.717, 1.165) is 5.02 Å². The van der Waals surface area contributed by atoms with E-state index in [2.05, 4.69) is 49.7 Å². The van der Waals surface area contributed by atoms with Gasteiger partial charge in [-0.3, -0.25) is 0 Å². The third-order valence-corrected chi connectivity index (χ3v) is 4.49. The van der Waals surface area contributed by atoms with Crippen molar-refractivity contribution >= 4 is 22.9 Å². The van der Waals surface area contributed by atoms with Gasteiger partial charge in [0.25, 0.3) is 0 Å². The summed E-state index contributed by atoms with van der Waals surface area (Å²) < 4.78 is 0. The molecule has 0 radical (unpaired) electrons. The zero-order valence-corrected chi connectivity index (χ0v) is 13.1. The normalized spacial score (nSPS) is 14.6. The second-order valence-corrected chi connectivity index (χ2v) is 6.60. The minimum absolute atomic E-state index is 0.285. The molecule has 0 saturated carbocycles. The number of thiophene rings is 1. The van der Waals surface area contributed by atoms with Gasteiger partial charge in [0.2, 0.25) is 0 Å². The Morgan fingerprint density at radius 1 is 1.11 bits per heavy atom. The lowest BCUT2D eigenvalue weighted by Gasteiger charge is -2.26. The number of halogens is 1. The summed E-state index contributed by atoms with van der Waals surface area (Å²) >= 11 is 7.87. The molecule has 102 valence electrons. The summed E-state index contributed by atoms with van der Waals surface area (Å²) in [6.07, 6.45) is 0. The zero-order chi connectivity index (χ0) is 13.8. The van der Waals surface area contributed by atoms with E-state index in [9.17, 15) is 0 Å². The molecule has 0 saturated heterocycles. The molecule has 1 aromatic carbocycles. The number of rotatable bonds is 5. The van der Waals surface area contributed by atoms with Crippen LogP contribution < -0.4 is 5.32 Å². The van der Waals surface area contributed by atoms with Crippen molar-refractivity contribution in [2.75, 3.05) is 0 Å². The van der Waals surface area contributed by atoms with E-state index in [4.69, 9.17) is 11.6 Å². The predicted molar refractivity (Wildman–Crippen MR) is 84.9 cm³/mol. The van der Waals surface area contributed by atoms with E-state index in [0.29, 0.717) is 12.0 Å². The van der Waals surface area contributed by atoms with Crippen LogP contribution >= 0.6 is 22.9 Å². The van der Waals surface area contributed by atoms with Crippen molar-refractivity contribution in [3.63, 3.8) is 0 Å². The molecule has 1 N–H and O–H groups in total. The molecule has 0 fully saturated rings. The van der Waals surface area contributed by atoms with Crippen molar-refractivity contribution in [3.05, 3.63) is 57.2 Å². The Morgan fingerprint density at radius 3 is 2.47 bits per heavy atom. The Labute approximate surface area is 124 Å². The first-order valence-electron chi connectivity index (χ1n) is 6.63. The summed E-state index contributed by atoms with van der Waals surface area (Å²) in [5, 5.41) is 6.64. The van der Waals surface area contributed by atoms with Crippen LogP contribution in [-0.2, 0) is 0 Å². The van der Waals surface area contributed by atoms with Crippen LogP contribution in [0.1, 0.15) is 43.3 Å². The quantitative estimate of drug-likeness (QED) is 0.773. The summed E-state index contributed by atoms with van der Waals surface area (Å²) in [5.41, 5.74) is 1.23. The number of hydrogen-bond donors (Lipinski definition) is 1. The first-order valence-corrected chi connectivity index (χ1v) is 7.88. The molecule has 1 heterocycles. The van der Waals surface area contributed by atoms with Crippen LogP contribution in [0.2, 0.25) is 5.02 Å². The predicted octanol–water partition coefficient (Wildman–Crippen LogP) is 5.45. The SMILES string of the molecule is CC(NC(c1cccs1)C(C)C)c1cccc(Cl)c1. The van der Waals surface area contributed by atoms with Crippen molar-refractivity contribution in [2.45, 2.75) is 32.9 Å². The minimum Gasteiger partial charge on any atom is -0.302 e. The molecule has 1 aromatic heterocycles. The van der Waals surface area contributed by atoms with E-state index in [1.165, 1.54) is 10.4 Å². The van der Waals surface area contributed by atoms with Crippen molar-refractivity contribution in [2.24, 2.45) is 5.92 Å². The fraction of sp³-hybridized carbons (Fsp3) is 0.375. The molecule has 2 atom stereocenters. The maximum Gasteiger partial charge on any atom is 0.0442 e. The number of benzene rings is 1. The largest absolute Gasteiger partial charge is 0.302 e. The van der Waals surface area contributed by atoms with E-state index in [1.54, 1.807) is 0 Å². The molecule has 0 aliphatic rings. The van der Waals surface area contributed by atoms with E-state index >= 15 is 0 Å². The van der Waals surface area contributed by atoms with Crippen LogP contribution in [0.15, 0.2) is 41.8 Å². The molecule has 2 unspecified atom stereocenters. The van der Waals surface area contributed by atoms with Crippen LogP contribution in [0.5, 0.6) is 0 Å². The Kier molecular flexibility index (Phi) is 5.03. The fourth-order valence-electron chi connectivity index (χ4n) is 2.21. The number of nitrogens with one attached hydrogen (secondary N) is 1. The summed E-state index contributed by atoms with van der Waals surface area (Å²) in [4.78, 5) is 1.39. The van der Waals surface area contributed by atoms with Crippen LogP contribution in [-0.4, -0.2) is 0 Å². The molecular formula is C16H20ClNS. The topological polar surface area (TPSA) is 12.0 Å². The molecule has 0 amide bonds. The van der Waals surface area contributed by atoms with Crippen molar-refractivity contribution in [3.8, 4) is 0 Å². The highest BCUT2D eigenvalue weighted by Gasteiger charge is 2.19. The van der Waals surface area contributed by atoms with Crippen molar-refractivity contribution < 1.29 is 0 Å². The molecule has 0 aliphatic carbocycles. The molecule has 0 aliphatic heterocycles. The van der Waals surface area contributed by atoms with Gasteiger partial charge in [-0.2, -0.15) is 0 Å². The first kappa shape index (κ1) is 14.6. The lowest BCUT2D eigenvalue weighted by molar-refractivity contribution is 0.379. The Bertz CT molecular complexity index is 507. The molecule has 0 spiro atoms. The molecule has 1 nitrogen and oxygen atoms in total. The molecule has 19 heavy (non-hydrogen) atoms.